The Hall–Kier alpha value is -1.46. The first-order valence-electron chi connectivity index (χ1n) is 6.73. The van der Waals surface area contributed by atoms with Crippen molar-refractivity contribution in [2.75, 3.05) is 18.0 Å². The number of aliphatic hydroxyl groups excluding tert-OH is 1. The predicted molar refractivity (Wildman–Crippen MR) is 80.6 cm³/mol. The smallest absolute Gasteiger partial charge is 0.172 e. The molecule has 1 aliphatic heterocycles. The first kappa shape index (κ1) is 14.9. The second-order valence-electron chi connectivity index (χ2n) is 5.21. The highest BCUT2D eigenvalue weighted by Crippen LogP contribution is 2.29. The van der Waals surface area contributed by atoms with E-state index in [1.165, 1.54) is 0 Å². The Morgan fingerprint density at radius 3 is 2.65 bits per heavy atom. The number of anilines is 1. The third kappa shape index (κ3) is 3.16. The van der Waals surface area contributed by atoms with E-state index in [-0.39, 0.29) is 11.9 Å². The number of rotatable bonds is 3. The highest BCUT2D eigenvalue weighted by molar-refractivity contribution is 6.31. The Kier molecular flexibility index (Phi) is 4.73. The molecule has 0 aliphatic carbocycles. The largest absolute Gasteiger partial charge is 0.409 e. The van der Waals surface area contributed by atoms with Crippen molar-refractivity contribution in [3.8, 4) is 0 Å². The molecule has 2 rings (SSSR count). The van der Waals surface area contributed by atoms with Crippen LogP contribution in [0.15, 0.2) is 23.4 Å². The third-order valence-electron chi connectivity index (χ3n) is 3.90. The van der Waals surface area contributed by atoms with Crippen molar-refractivity contribution in [3.05, 3.63) is 28.8 Å². The van der Waals surface area contributed by atoms with Gasteiger partial charge in [-0.15, -0.1) is 0 Å². The number of oxime groups is 1. The molecular formula is C14H20ClN3O2. The van der Waals surface area contributed by atoms with Crippen molar-refractivity contribution < 1.29 is 10.3 Å². The van der Waals surface area contributed by atoms with Crippen LogP contribution in [0.5, 0.6) is 0 Å². The van der Waals surface area contributed by atoms with Crippen LogP contribution in [-0.4, -0.2) is 35.3 Å². The van der Waals surface area contributed by atoms with Gasteiger partial charge >= 0.3 is 0 Å². The quantitative estimate of drug-likeness (QED) is 0.345. The Labute approximate surface area is 123 Å². The van der Waals surface area contributed by atoms with Crippen LogP contribution in [0.3, 0.4) is 0 Å². The van der Waals surface area contributed by atoms with Gasteiger partial charge in [0, 0.05) is 29.4 Å². The second-order valence-corrected chi connectivity index (χ2v) is 5.65. The van der Waals surface area contributed by atoms with Gasteiger partial charge in [0.2, 0.25) is 0 Å². The Morgan fingerprint density at radius 1 is 1.45 bits per heavy atom. The molecule has 0 aromatic heterocycles. The van der Waals surface area contributed by atoms with Crippen molar-refractivity contribution >= 4 is 23.1 Å². The van der Waals surface area contributed by atoms with E-state index in [1.54, 1.807) is 12.1 Å². The summed E-state index contributed by atoms with van der Waals surface area (Å²) in [5.74, 6) is 0.394. The Morgan fingerprint density at radius 2 is 2.10 bits per heavy atom. The van der Waals surface area contributed by atoms with E-state index in [1.807, 2.05) is 13.0 Å². The van der Waals surface area contributed by atoms with Gasteiger partial charge in [-0.3, -0.25) is 0 Å². The summed E-state index contributed by atoms with van der Waals surface area (Å²) in [4.78, 5) is 2.18. The molecule has 1 aliphatic rings. The van der Waals surface area contributed by atoms with Gasteiger partial charge in [0.15, 0.2) is 5.84 Å². The van der Waals surface area contributed by atoms with Crippen LogP contribution in [-0.2, 0) is 0 Å². The maximum atomic E-state index is 9.64. The number of hydrogen-bond acceptors (Lipinski definition) is 4. The van der Waals surface area contributed by atoms with Crippen LogP contribution >= 0.6 is 11.6 Å². The zero-order valence-electron chi connectivity index (χ0n) is 11.5. The SMILES string of the molecule is CC(O)C1CCN(c2ccc(Cl)cc2/C(N)=N/O)CC1. The Balaban J connectivity index is 2.22. The standard InChI is InChI=1S/C14H20ClN3O2/c1-9(19)10-4-6-18(7-5-10)13-3-2-11(15)8-12(13)14(16)17-20/h2-3,8-10,19-20H,4-7H2,1H3,(H2,16,17). The first-order valence-corrected chi connectivity index (χ1v) is 7.11. The molecule has 1 aromatic rings. The minimum absolute atomic E-state index is 0.0557. The fraction of sp³-hybridized carbons (Fsp3) is 0.500. The fourth-order valence-corrected chi connectivity index (χ4v) is 2.84. The van der Waals surface area contributed by atoms with Crippen LogP contribution in [0.25, 0.3) is 0 Å². The summed E-state index contributed by atoms with van der Waals surface area (Å²) >= 11 is 5.98. The van der Waals surface area contributed by atoms with Gasteiger partial charge in [0.1, 0.15) is 0 Å². The molecule has 4 N–H and O–H groups in total. The lowest BCUT2D eigenvalue weighted by Crippen LogP contribution is -2.38. The summed E-state index contributed by atoms with van der Waals surface area (Å²) in [7, 11) is 0. The van der Waals surface area contributed by atoms with Gasteiger partial charge in [0.25, 0.3) is 0 Å². The van der Waals surface area contributed by atoms with Crippen LogP contribution in [0, 0.1) is 5.92 Å². The van der Waals surface area contributed by atoms with Crippen molar-refractivity contribution in [2.45, 2.75) is 25.9 Å². The van der Waals surface area contributed by atoms with Gasteiger partial charge in [-0.2, -0.15) is 0 Å². The summed E-state index contributed by atoms with van der Waals surface area (Å²) in [6, 6.07) is 5.39. The Bertz CT molecular complexity index is 497. The van der Waals surface area contributed by atoms with Crippen molar-refractivity contribution in [1.29, 1.82) is 0 Å². The van der Waals surface area contributed by atoms with Gasteiger partial charge in [-0.05, 0) is 43.9 Å². The molecule has 0 bridgehead atoms. The minimum Gasteiger partial charge on any atom is -0.409 e. The maximum absolute atomic E-state index is 9.64. The van der Waals surface area contributed by atoms with E-state index in [2.05, 4.69) is 10.1 Å². The highest BCUT2D eigenvalue weighted by atomic mass is 35.5. The zero-order valence-corrected chi connectivity index (χ0v) is 12.2. The summed E-state index contributed by atoms with van der Waals surface area (Å²) in [6.07, 6.45) is 1.58. The van der Waals surface area contributed by atoms with Crippen molar-refractivity contribution in [2.24, 2.45) is 16.8 Å². The molecule has 20 heavy (non-hydrogen) atoms. The van der Waals surface area contributed by atoms with E-state index in [0.29, 0.717) is 16.5 Å². The zero-order chi connectivity index (χ0) is 14.7. The number of nitrogens with two attached hydrogens (primary N) is 1. The molecule has 6 heteroatoms. The van der Waals surface area contributed by atoms with Gasteiger partial charge in [-0.1, -0.05) is 16.8 Å². The lowest BCUT2D eigenvalue weighted by atomic mass is 9.91. The molecule has 1 saturated heterocycles. The van der Waals surface area contributed by atoms with Crippen molar-refractivity contribution in [3.63, 3.8) is 0 Å². The fourth-order valence-electron chi connectivity index (χ4n) is 2.67. The molecular weight excluding hydrogens is 278 g/mol. The molecule has 1 unspecified atom stereocenters. The van der Waals surface area contributed by atoms with Crippen LogP contribution in [0.2, 0.25) is 5.02 Å². The second kappa shape index (κ2) is 6.33. The maximum Gasteiger partial charge on any atom is 0.172 e. The van der Waals surface area contributed by atoms with E-state index in [9.17, 15) is 5.11 Å². The van der Waals surface area contributed by atoms with E-state index in [4.69, 9.17) is 22.5 Å². The van der Waals surface area contributed by atoms with Crippen LogP contribution in [0.4, 0.5) is 5.69 Å². The predicted octanol–water partition coefficient (Wildman–Crippen LogP) is 2.03. The number of amidine groups is 1. The molecule has 0 spiro atoms. The summed E-state index contributed by atoms with van der Waals surface area (Å²) < 4.78 is 0. The van der Waals surface area contributed by atoms with Crippen LogP contribution < -0.4 is 10.6 Å². The average molecular weight is 298 g/mol. The summed E-state index contributed by atoms with van der Waals surface area (Å²) in [6.45, 7) is 3.51. The molecule has 0 amide bonds. The van der Waals surface area contributed by atoms with Gasteiger partial charge in [0.05, 0.1) is 6.10 Å². The highest BCUT2D eigenvalue weighted by Gasteiger charge is 2.24. The number of piperidine rings is 1. The lowest BCUT2D eigenvalue weighted by molar-refractivity contribution is 0.110. The average Bonchev–Trinajstić information content (AvgIpc) is 2.46. The molecule has 0 saturated carbocycles. The van der Waals surface area contributed by atoms with E-state index < -0.39 is 0 Å². The van der Waals surface area contributed by atoms with Crippen LogP contribution in [0.1, 0.15) is 25.3 Å². The summed E-state index contributed by atoms with van der Waals surface area (Å²) in [5.41, 5.74) is 7.27. The normalized spacial score (nSPS) is 19.1. The van der Waals surface area contributed by atoms with E-state index in [0.717, 1.165) is 31.6 Å². The molecule has 1 aromatic carbocycles. The lowest BCUT2D eigenvalue weighted by Gasteiger charge is -2.35. The monoisotopic (exact) mass is 297 g/mol. The van der Waals surface area contributed by atoms with Gasteiger partial charge < -0.3 is 20.9 Å². The number of benzene rings is 1. The molecule has 110 valence electrons. The van der Waals surface area contributed by atoms with E-state index >= 15 is 0 Å². The number of hydrogen-bond donors (Lipinski definition) is 3. The number of aliphatic hydroxyl groups is 1. The molecule has 1 atom stereocenters. The van der Waals surface area contributed by atoms with Crippen molar-refractivity contribution in [1.82, 2.24) is 0 Å². The molecule has 5 nitrogen and oxygen atoms in total. The molecule has 1 fully saturated rings. The number of halogens is 1. The first-order chi connectivity index (χ1) is 9.52. The minimum atomic E-state index is -0.272. The third-order valence-corrected chi connectivity index (χ3v) is 4.14. The molecule has 0 radical (unpaired) electrons. The molecule has 1 heterocycles. The number of nitrogens with zero attached hydrogens (tertiary/aromatic N) is 2. The summed E-state index contributed by atoms with van der Waals surface area (Å²) in [5, 5.41) is 22.1. The topological polar surface area (TPSA) is 82.1 Å². The van der Waals surface area contributed by atoms with Gasteiger partial charge in [-0.25, -0.2) is 0 Å².